The van der Waals surface area contributed by atoms with Crippen molar-refractivity contribution in [3.8, 4) is 5.75 Å². The van der Waals surface area contributed by atoms with E-state index in [4.69, 9.17) is 4.74 Å². The molecule has 2 aliphatic carbocycles. The maximum atomic E-state index is 13.7. The Bertz CT molecular complexity index is 1140. The number of pyridine rings is 1. The van der Waals surface area contributed by atoms with Gasteiger partial charge in [-0.1, -0.05) is 13.5 Å². The summed E-state index contributed by atoms with van der Waals surface area (Å²) in [7, 11) is 0. The van der Waals surface area contributed by atoms with E-state index >= 15 is 0 Å². The van der Waals surface area contributed by atoms with Gasteiger partial charge >= 0.3 is 0 Å². The van der Waals surface area contributed by atoms with Gasteiger partial charge in [0, 0.05) is 36.2 Å². The van der Waals surface area contributed by atoms with Crippen molar-refractivity contribution in [3.05, 3.63) is 61.2 Å². The fourth-order valence-electron chi connectivity index (χ4n) is 5.18. The van der Waals surface area contributed by atoms with Crippen LogP contribution in [0.5, 0.6) is 5.75 Å². The number of rotatable bonds is 8. The van der Waals surface area contributed by atoms with Gasteiger partial charge in [0.2, 0.25) is 5.91 Å². The zero-order valence-corrected chi connectivity index (χ0v) is 17.9. The number of ether oxygens (including phenoxy) is 1. The number of aryl methyl sites for hydroxylation is 1. The van der Waals surface area contributed by atoms with E-state index in [0.29, 0.717) is 47.6 Å². The first-order valence-corrected chi connectivity index (χ1v) is 11.0. The summed E-state index contributed by atoms with van der Waals surface area (Å²) in [5.41, 5.74) is 1.43. The molecular weight excluding hydrogens is 409 g/mol. The largest absolute Gasteiger partial charge is 0.490 e. The molecular formula is C24H26FN5O2. The Morgan fingerprint density at radius 3 is 2.78 bits per heavy atom. The van der Waals surface area contributed by atoms with E-state index in [-0.39, 0.29) is 23.7 Å². The van der Waals surface area contributed by atoms with Gasteiger partial charge in [0.05, 0.1) is 11.6 Å². The molecule has 0 spiro atoms. The molecule has 0 radical (unpaired) electrons. The van der Waals surface area contributed by atoms with E-state index in [1.807, 2.05) is 11.5 Å². The standard InChI is InChI=1S/C24H26FN5O2/c1-14(6-8-30-12-27-28-13-30)29-24(31)15(2)23-18-10-17(11-19(18)23)32-22-5-7-26-21-4-3-16(25)9-20(21)22/h3-5,7,9,12-13,15,17-19,23H,1,6,8,10-11H2,2H3,(H,29,31)/t15?,17-,18-,19+,23+. The zero-order valence-electron chi connectivity index (χ0n) is 17.9. The lowest BCUT2D eigenvalue weighted by Crippen LogP contribution is -2.31. The normalized spacial score (nSPS) is 24.7. The van der Waals surface area contributed by atoms with Crippen LogP contribution in [0.15, 0.2) is 55.4 Å². The maximum Gasteiger partial charge on any atom is 0.227 e. The number of hydrogen-bond donors (Lipinski definition) is 1. The number of allylic oxidation sites excluding steroid dienone is 1. The summed E-state index contributed by atoms with van der Waals surface area (Å²) in [6.45, 7) is 6.66. The summed E-state index contributed by atoms with van der Waals surface area (Å²) in [5, 5.41) is 11.2. The molecule has 7 nitrogen and oxygen atoms in total. The van der Waals surface area contributed by atoms with Gasteiger partial charge in [0.1, 0.15) is 24.2 Å². The summed E-state index contributed by atoms with van der Waals surface area (Å²) >= 11 is 0. The quantitative estimate of drug-likeness (QED) is 0.583. The van der Waals surface area contributed by atoms with Crippen LogP contribution < -0.4 is 10.1 Å². The summed E-state index contributed by atoms with van der Waals surface area (Å²) in [4.78, 5) is 17.0. The minimum absolute atomic E-state index is 0.0335. The summed E-state index contributed by atoms with van der Waals surface area (Å²) in [5.74, 6) is 1.72. The first kappa shape index (κ1) is 20.6. The number of aromatic nitrogens is 4. The van der Waals surface area contributed by atoms with E-state index in [1.165, 1.54) is 12.1 Å². The molecule has 0 aliphatic heterocycles. The molecule has 1 amide bonds. The second-order valence-electron chi connectivity index (χ2n) is 8.92. The van der Waals surface area contributed by atoms with Gasteiger partial charge in [0.25, 0.3) is 0 Å². The molecule has 8 heteroatoms. The Labute approximate surface area is 185 Å². The van der Waals surface area contributed by atoms with Crippen molar-refractivity contribution in [3.63, 3.8) is 0 Å². The number of nitrogens with zero attached hydrogens (tertiary/aromatic N) is 4. The highest BCUT2D eigenvalue weighted by Gasteiger charge is 2.59. The third-order valence-electron chi connectivity index (χ3n) is 6.85. The van der Waals surface area contributed by atoms with Crippen LogP contribution >= 0.6 is 0 Å². The zero-order chi connectivity index (χ0) is 22.2. The molecule has 32 heavy (non-hydrogen) atoms. The highest BCUT2D eigenvalue weighted by molar-refractivity contribution is 5.84. The number of halogens is 1. The fourth-order valence-corrected chi connectivity index (χ4v) is 5.18. The Balaban J connectivity index is 1.12. The summed E-state index contributed by atoms with van der Waals surface area (Å²) in [6, 6.07) is 6.34. The topological polar surface area (TPSA) is 81.9 Å². The van der Waals surface area contributed by atoms with Crippen molar-refractivity contribution >= 4 is 16.8 Å². The molecule has 5 atom stereocenters. The number of amides is 1. The van der Waals surface area contributed by atoms with Gasteiger partial charge in [-0.15, -0.1) is 10.2 Å². The average Bonchev–Trinajstić information content (AvgIpc) is 3.14. The Morgan fingerprint density at radius 2 is 2.03 bits per heavy atom. The SMILES string of the molecule is C=C(CCn1cnnc1)NC(=O)C(C)[C@H]1[C@@H]2C[C@@H](Oc3ccnc4ccc(F)cc34)C[C@@H]21. The van der Waals surface area contributed by atoms with E-state index in [1.54, 1.807) is 31.0 Å². The van der Waals surface area contributed by atoms with E-state index in [0.717, 1.165) is 18.4 Å². The monoisotopic (exact) mass is 435 g/mol. The molecule has 5 rings (SSSR count). The molecule has 2 fully saturated rings. The first-order valence-electron chi connectivity index (χ1n) is 11.0. The van der Waals surface area contributed by atoms with Crippen LogP contribution in [0.2, 0.25) is 0 Å². The van der Waals surface area contributed by atoms with Crippen molar-refractivity contribution in [2.45, 2.75) is 38.8 Å². The van der Waals surface area contributed by atoms with Gasteiger partial charge in [-0.2, -0.15) is 0 Å². The van der Waals surface area contributed by atoms with Gasteiger partial charge in [-0.05, 0) is 54.9 Å². The molecule has 2 heterocycles. The highest BCUT2D eigenvalue weighted by atomic mass is 19.1. The van der Waals surface area contributed by atoms with Crippen molar-refractivity contribution in [1.82, 2.24) is 25.1 Å². The van der Waals surface area contributed by atoms with Gasteiger partial charge in [0.15, 0.2) is 0 Å². The molecule has 0 bridgehead atoms. The predicted octanol–water partition coefficient (Wildman–Crippen LogP) is 3.73. The van der Waals surface area contributed by atoms with Crippen molar-refractivity contribution < 1.29 is 13.9 Å². The number of nitrogens with one attached hydrogen (secondary N) is 1. The Kier molecular flexibility index (Phi) is 5.36. The maximum absolute atomic E-state index is 13.7. The molecule has 1 aromatic carbocycles. The second kappa shape index (κ2) is 8.33. The molecule has 2 aliphatic rings. The number of carbonyl (C=O) groups is 1. The van der Waals surface area contributed by atoms with Gasteiger partial charge in [-0.3, -0.25) is 9.78 Å². The van der Waals surface area contributed by atoms with Crippen LogP contribution in [0.3, 0.4) is 0 Å². The summed E-state index contributed by atoms with van der Waals surface area (Å²) in [6.07, 6.45) is 7.55. The molecule has 1 N–H and O–H groups in total. The Hall–Kier alpha value is -3.29. The van der Waals surface area contributed by atoms with E-state index in [9.17, 15) is 9.18 Å². The number of carbonyl (C=O) groups excluding carboxylic acids is 1. The minimum atomic E-state index is -0.298. The van der Waals surface area contributed by atoms with Crippen molar-refractivity contribution in [2.75, 3.05) is 0 Å². The number of benzene rings is 1. The van der Waals surface area contributed by atoms with Gasteiger partial charge in [-0.25, -0.2) is 4.39 Å². The molecule has 3 aromatic rings. The van der Waals surface area contributed by atoms with Crippen molar-refractivity contribution in [2.24, 2.45) is 23.7 Å². The highest BCUT2D eigenvalue weighted by Crippen LogP contribution is 2.61. The molecule has 166 valence electrons. The van der Waals surface area contributed by atoms with Crippen LogP contribution in [0.4, 0.5) is 4.39 Å². The molecule has 2 saturated carbocycles. The predicted molar refractivity (Wildman–Crippen MR) is 117 cm³/mol. The number of fused-ring (bicyclic) bond motifs is 2. The second-order valence-corrected chi connectivity index (χ2v) is 8.92. The van der Waals surface area contributed by atoms with Crippen LogP contribution in [0.25, 0.3) is 10.9 Å². The Morgan fingerprint density at radius 1 is 1.28 bits per heavy atom. The molecule has 2 aromatic heterocycles. The molecule has 1 unspecified atom stereocenters. The van der Waals surface area contributed by atoms with Crippen molar-refractivity contribution in [1.29, 1.82) is 0 Å². The third kappa shape index (κ3) is 4.09. The van der Waals surface area contributed by atoms with Crippen LogP contribution in [0, 0.1) is 29.5 Å². The third-order valence-corrected chi connectivity index (χ3v) is 6.85. The van der Waals surface area contributed by atoms with Crippen LogP contribution in [-0.4, -0.2) is 31.8 Å². The smallest absolute Gasteiger partial charge is 0.227 e. The number of hydrogen-bond acceptors (Lipinski definition) is 5. The molecule has 0 saturated heterocycles. The minimum Gasteiger partial charge on any atom is -0.490 e. The average molecular weight is 436 g/mol. The van der Waals surface area contributed by atoms with Crippen LogP contribution in [-0.2, 0) is 11.3 Å². The van der Waals surface area contributed by atoms with Crippen LogP contribution in [0.1, 0.15) is 26.2 Å². The summed E-state index contributed by atoms with van der Waals surface area (Å²) < 4.78 is 21.8. The first-order chi connectivity index (χ1) is 15.5. The lowest BCUT2D eigenvalue weighted by Gasteiger charge is -2.20. The lowest BCUT2D eigenvalue weighted by molar-refractivity contribution is -0.124. The van der Waals surface area contributed by atoms with E-state index < -0.39 is 0 Å². The fraction of sp³-hybridized carbons (Fsp3) is 0.417. The van der Waals surface area contributed by atoms with E-state index in [2.05, 4.69) is 27.1 Å². The van der Waals surface area contributed by atoms with Gasteiger partial charge < -0.3 is 14.6 Å². The lowest BCUT2D eigenvalue weighted by atomic mass is 9.97.